The number of hydrogen-bond donors (Lipinski definition) is 3. The third kappa shape index (κ3) is 4.42. The highest BCUT2D eigenvalue weighted by Crippen LogP contribution is 2.15. The van der Waals surface area contributed by atoms with E-state index in [0.29, 0.717) is 5.56 Å². The molecular formula is C17H20FN3O3. The quantitative estimate of drug-likeness (QED) is 0.728. The van der Waals surface area contributed by atoms with Crippen LogP contribution >= 0.6 is 0 Å². The molecule has 7 heteroatoms. The van der Waals surface area contributed by atoms with Crippen LogP contribution in [0.4, 0.5) is 10.1 Å². The number of nitrogens with zero attached hydrogens (tertiary/aromatic N) is 1. The molecule has 1 aromatic heterocycles. The Morgan fingerprint density at radius 1 is 1.29 bits per heavy atom. The van der Waals surface area contributed by atoms with Crippen molar-refractivity contribution in [3.05, 3.63) is 53.6 Å². The monoisotopic (exact) mass is 333 g/mol. The van der Waals surface area contributed by atoms with Crippen LogP contribution in [-0.2, 0) is 16.6 Å². The molecule has 1 heterocycles. The van der Waals surface area contributed by atoms with Crippen LogP contribution in [-0.4, -0.2) is 28.0 Å². The number of carbonyl (C=O) groups is 2. The number of nitrogens with one attached hydrogen (secondary N) is 2. The molecule has 1 atom stereocenters. The van der Waals surface area contributed by atoms with Gasteiger partial charge in [0.05, 0.1) is 6.10 Å². The molecule has 0 aliphatic heterocycles. The van der Waals surface area contributed by atoms with Gasteiger partial charge in [0.15, 0.2) is 0 Å². The van der Waals surface area contributed by atoms with Crippen molar-refractivity contribution in [3.63, 3.8) is 0 Å². The van der Waals surface area contributed by atoms with Crippen LogP contribution in [0.3, 0.4) is 0 Å². The summed E-state index contributed by atoms with van der Waals surface area (Å²) in [5, 5.41) is 14.8. The lowest BCUT2D eigenvalue weighted by atomic mass is 10.2. The fourth-order valence-electron chi connectivity index (χ4n) is 2.23. The minimum absolute atomic E-state index is 0.140. The van der Waals surface area contributed by atoms with Crippen LogP contribution in [0, 0.1) is 12.7 Å². The number of aryl methyl sites for hydroxylation is 2. The highest BCUT2D eigenvalue weighted by Gasteiger charge is 2.15. The van der Waals surface area contributed by atoms with E-state index in [2.05, 4.69) is 10.6 Å². The van der Waals surface area contributed by atoms with E-state index < -0.39 is 23.7 Å². The number of halogens is 1. The van der Waals surface area contributed by atoms with Crippen LogP contribution in [0.1, 0.15) is 23.8 Å². The number of amides is 2. The van der Waals surface area contributed by atoms with Crippen molar-refractivity contribution in [3.8, 4) is 0 Å². The van der Waals surface area contributed by atoms with Gasteiger partial charge in [-0.2, -0.15) is 0 Å². The molecule has 0 radical (unpaired) electrons. The summed E-state index contributed by atoms with van der Waals surface area (Å²) >= 11 is 0. The number of benzene rings is 1. The van der Waals surface area contributed by atoms with Crippen molar-refractivity contribution in [1.82, 2.24) is 9.88 Å². The molecule has 128 valence electrons. The van der Waals surface area contributed by atoms with Crippen LogP contribution in [0.15, 0.2) is 36.5 Å². The molecule has 0 unspecified atom stereocenters. The Morgan fingerprint density at radius 3 is 2.67 bits per heavy atom. The molecule has 0 fully saturated rings. The number of anilines is 1. The molecule has 2 rings (SSSR count). The largest absolute Gasteiger partial charge is 0.387 e. The van der Waals surface area contributed by atoms with E-state index >= 15 is 0 Å². The molecule has 2 amide bonds. The van der Waals surface area contributed by atoms with Gasteiger partial charge in [0.25, 0.3) is 0 Å². The first-order valence-corrected chi connectivity index (χ1v) is 7.53. The summed E-state index contributed by atoms with van der Waals surface area (Å²) in [6.45, 7) is 1.74. The van der Waals surface area contributed by atoms with Gasteiger partial charge in [-0.1, -0.05) is 6.07 Å². The SMILES string of the molecule is Cc1ccc(NC(=O)C(=O)NCC[C@H](O)c2cccn2C)cc1F. The Balaban J connectivity index is 1.80. The number of carbonyl (C=O) groups excluding carboxylic acids is 2. The highest BCUT2D eigenvalue weighted by atomic mass is 19.1. The minimum Gasteiger partial charge on any atom is -0.387 e. The Morgan fingerprint density at radius 2 is 2.04 bits per heavy atom. The predicted octanol–water partition coefficient (Wildman–Crippen LogP) is 1.65. The molecule has 0 saturated carbocycles. The van der Waals surface area contributed by atoms with E-state index in [4.69, 9.17) is 0 Å². The van der Waals surface area contributed by atoms with E-state index in [9.17, 15) is 19.1 Å². The second-order valence-corrected chi connectivity index (χ2v) is 5.52. The van der Waals surface area contributed by atoms with Crippen molar-refractivity contribution < 1.29 is 19.1 Å². The zero-order valence-electron chi connectivity index (χ0n) is 13.5. The van der Waals surface area contributed by atoms with Crippen molar-refractivity contribution in [2.45, 2.75) is 19.4 Å². The van der Waals surface area contributed by atoms with Crippen molar-refractivity contribution in [2.24, 2.45) is 7.05 Å². The Bertz CT molecular complexity index is 742. The third-order valence-electron chi connectivity index (χ3n) is 3.66. The number of aliphatic hydroxyl groups excluding tert-OH is 1. The summed E-state index contributed by atoms with van der Waals surface area (Å²) in [5.74, 6) is -2.18. The highest BCUT2D eigenvalue weighted by molar-refractivity contribution is 6.39. The van der Waals surface area contributed by atoms with Gasteiger partial charge in [-0.25, -0.2) is 4.39 Å². The van der Waals surface area contributed by atoms with Crippen LogP contribution in [0.5, 0.6) is 0 Å². The Kier molecular flexibility index (Phi) is 5.70. The van der Waals surface area contributed by atoms with Crippen molar-refractivity contribution >= 4 is 17.5 Å². The lowest BCUT2D eigenvalue weighted by Crippen LogP contribution is -2.36. The van der Waals surface area contributed by atoms with Crippen LogP contribution in [0.2, 0.25) is 0 Å². The maximum Gasteiger partial charge on any atom is 0.313 e. The average molecular weight is 333 g/mol. The van der Waals surface area contributed by atoms with E-state index in [1.54, 1.807) is 17.6 Å². The maximum atomic E-state index is 13.4. The Labute approximate surface area is 139 Å². The number of hydrogen-bond acceptors (Lipinski definition) is 3. The van der Waals surface area contributed by atoms with Gasteiger partial charge in [0, 0.05) is 31.2 Å². The van der Waals surface area contributed by atoms with Gasteiger partial charge in [0.2, 0.25) is 0 Å². The van der Waals surface area contributed by atoms with Crippen molar-refractivity contribution in [1.29, 1.82) is 0 Å². The summed E-state index contributed by atoms with van der Waals surface area (Å²) in [6, 6.07) is 7.78. The third-order valence-corrected chi connectivity index (χ3v) is 3.66. The molecule has 0 bridgehead atoms. The first-order valence-electron chi connectivity index (χ1n) is 7.53. The van der Waals surface area contributed by atoms with E-state index in [1.807, 2.05) is 19.3 Å². The Hall–Kier alpha value is -2.67. The smallest absolute Gasteiger partial charge is 0.313 e. The summed E-state index contributed by atoms with van der Waals surface area (Å²) in [6.07, 6.45) is 1.35. The first kappa shape index (κ1) is 17.7. The van der Waals surface area contributed by atoms with Crippen molar-refractivity contribution in [2.75, 3.05) is 11.9 Å². The van der Waals surface area contributed by atoms with Gasteiger partial charge in [0.1, 0.15) is 5.82 Å². The number of aromatic nitrogens is 1. The average Bonchev–Trinajstić information content (AvgIpc) is 2.96. The summed E-state index contributed by atoms with van der Waals surface area (Å²) in [4.78, 5) is 23.5. The normalized spacial score (nSPS) is 11.8. The first-order chi connectivity index (χ1) is 11.4. The molecule has 0 saturated heterocycles. The lowest BCUT2D eigenvalue weighted by molar-refractivity contribution is -0.136. The predicted molar refractivity (Wildman–Crippen MR) is 87.8 cm³/mol. The van der Waals surface area contributed by atoms with E-state index in [1.165, 1.54) is 12.1 Å². The summed E-state index contributed by atoms with van der Waals surface area (Å²) < 4.78 is 15.2. The van der Waals surface area contributed by atoms with Gasteiger partial charge in [-0.15, -0.1) is 0 Å². The van der Waals surface area contributed by atoms with E-state index in [0.717, 1.165) is 11.8 Å². The number of rotatable bonds is 5. The molecule has 0 spiro atoms. The standard InChI is InChI=1S/C17H20FN3O3/c1-11-5-6-12(10-13(11)18)20-17(24)16(23)19-8-7-15(22)14-4-3-9-21(14)2/h3-6,9-10,15,22H,7-8H2,1-2H3,(H,19,23)(H,20,24)/t15-/m0/s1. The van der Waals surface area contributed by atoms with Gasteiger partial charge in [-0.05, 0) is 43.2 Å². The second kappa shape index (κ2) is 7.74. The maximum absolute atomic E-state index is 13.4. The lowest BCUT2D eigenvalue weighted by Gasteiger charge is -2.12. The number of aliphatic hydroxyl groups is 1. The molecular weight excluding hydrogens is 313 g/mol. The zero-order chi connectivity index (χ0) is 17.7. The van der Waals surface area contributed by atoms with Crippen LogP contribution < -0.4 is 10.6 Å². The zero-order valence-corrected chi connectivity index (χ0v) is 13.5. The topological polar surface area (TPSA) is 83.4 Å². The summed E-state index contributed by atoms with van der Waals surface area (Å²) in [7, 11) is 1.81. The molecule has 24 heavy (non-hydrogen) atoms. The second-order valence-electron chi connectivity index (χ2n) is 5.52. The fraction of sp³-hybridized carbons (Fsp3) is 0.294. The fourth-order valence-corrected chi connectivity index (χ4v) is 2.23. The molecule has 6 nitrogen and oxygen atoms in total. The minimum atomic E-state index is -0.883. The van der Waals surface area contributed by atoms with Gasteiger partial charge in [-0.3, -0.25) is 9.59 Å². The molecule has 1 aromatic carbocycles. The van der Waals surface area contributed by atoms with E-state index in [-0.39, 0.29) is 18.7 Å². The summed E-state index contributed by atoms with van der Waals surface area (Å²) in [5.41, 5.74) is 1.39. The van der Waals surface area contributed by atoms with Crippen LogP contribution in [0.25, 0.3) is 0 Å². The molecule has 0 aliphatic carbocycles. The molecule has 2 aromatic rings. The van der Waals surface area contributed by atoms with Gasteiger partial charge < -0.3 is 20.3 Å². The van der Waals surface area contributed by atoms with Gasteiger partial charge >= 0.3 is 11.8 Å². The molecule has 3 N–H and O–H groups in total. The molecule has 0 aliphatic rings.